The standard InChI is InChI=1S/C10H9N3O3/c14-9(4-10(15)16)12-7-2-1-3-8-6(7)5-11-13-8/h1-3,5H,4H2,(H,11,13)(H,12,14)(H,15,16). The fourth-order valence-electron chi connectivity index (χ4n) is 1.41. The van der Waals surface area contributed by atoms with Crippen LogP contribution < -0.4 is 5.32 Å². The van der Waals surface area contributed by atoms with E-state index in [4.69, 9.17) is 5.11 Å². The summed E-state index contributed by atoms with van der Waals surface area (Å²) in [5.74, 6) is -1.71. The lowest BCUT2D eigenvalue weighted by atomic mass is 10.2. The van der Waals surface area contributed by atoms with Crippen LogP contribution in [-0.4, -0.2) is 27.2 Å². The van der Waals surface area contributed by atoms with Gasteiger partial charge in [0.2, 0.25) is 5.91 Å². The van der Waals surface area contributed by atoms with Gasteiger partial charge in [0.1, 0.15) is 6.42 Å². The molecular formula is C10H9N3O3. The van der Waals surface area contributed by atoms with Crippen LogP contribution in [0.2, 0.25) is 0 Å². The minimum Gasteiger partial charge on any atom is -0.481 e. The molecule has 1 heterocycles. The van der Waals surface area contributed by atoms with Crippen LogP contribution in [0.25, 0.3) is 10.9 Å². The van der Waals surface area contributed by atoms with Crippen molar-refractivity contribution in [2.24, 2.45) is 0 Å². The Kier molecular flexibility index (Phi) is 2.55. The van der Waals surface area contributed by atoms with E-state index in [-0.39, 0.29) is 0 Å². The van der Waals surface area contributed by atoms with Gasteiger partial charge in [-0.2, -0.15) is 5.10 Å². The second-order valence-corrected chi connectivity index (χ2v) is 3.26. The van der Waals surface area contributed by atoms with Crippen LogP contribution in [0, 0.1) is 0 Å². The fourth-order valence-corrected chi connectivity index (χ4v) is 1.41. The van der Waals surface area contributed by atoms with Gasteiger partial charge in [0.15, 0.2) is 0 Å². The molecule has 0 radical (unpaired) electrons. The molecule has 0 aliphatic carbocycles. The van der Waals surface area contributed by atoms with Crippen LogP contribution >= 0.6 is 0 Å². The molecular weight excluding hydrogens is 210 g/mol. The molecule has 1 aromatic heterocycles. The van der Waals surface area contributed by atoms with Gasteiger partial charge in [0.25, 0.3) is 0 Å². The number of aliphatic carboxylic acids is 1. The van der Waals surface area contributed by atoms with Crippen molar-refractivity contribution in [3.63, 3.8) is 0 Å². The molecule has 0 spiro atoms. The van der Waals surface area contributed by atoms with Gasteiger partial charge in [0, 0.05) is 5.39 Å². The lowest BCUT2D eigenvalue weighted by molar-refractivity contribution is -0.139. The highest BCUT2D eigenvalue weighted by Gasteiger charge is 2.09. The molecule has 1 aromatic carbocycles. The summed E-state index contributed by atoms with van der Waals surface area (Å²) in [7, 11) is 0. The van der Waals surface area contributed by atoms with Crippen molar-refractivity contribution in [1.82, 2.24) is 10.2 Å². The van der Waals surface area contributed by atoms with Gasteiger partial charge in [-0.05, 0) is 12.1 Å². The third kappa shape index (κ3) is 2.00. The average Bonchev–Trinajstić information content (AvgIpc) is 2.65. The summed E-state index contributed by atoms with van der Waals surface area (Å²) in [5, 5.41) is 18.3. The van der Waals surface area contributed by atoms with E-state index in [1.54, 1.807) is 18.3 Å². The smallest absolute Gasteiger partial charge is 0.312 e. The van der Waals surface area contributed by atoms with Crippen molar-refractivity contribution in [1.29, 1.82) is 0 Å². The van der Waals surface area contributed by atoms with Gasteiger partial charge in [-0.1, -0.05) is 6.07 Å². The zero-order valence-corrected chi connectivity index (χ0v) is 8.23. The van der Waals surface area contributed by atoms with E-state index in [0.29, 0.717) is 5.69 Å². The topological polar surface area (TPSA) is 95.1 Å². The van der Waals surface area contributed by atoms with Gasteiger partial charge in [-0.3, -0.25) is 14.7 Å². The van der Waals surface area contributed by atoms with E-state index >= 15 is 0 Å². The van der Waals surface area contributed by atoms with E-state index in [9.17, 15) is 9.59 Å². The van der Waals surface area contributed by atoms with Crippen LogP contribution in [-0.2, 0) is 9.59 Å². The largest absolute Gasteiger partial charge is 0.481 e. The summed E-state index contributed by atoms with van der Waals surface area (Å²) in [6, 6.07) is 5.25. The number of fused-ring (bicyclic) bond motifs is 1. The predicted molar refractivity (Wildman–Crippen MR) is 57.0 cm³/mol. The lowest BCUT2D eigenvalue weighted by Crippen LogP contribution is -2.15. The number of carbonyl (C=O) groups is 2. The summed E-state index contributed by atoms with van der Waals surface area (Å²) < 4.78 is 0. The van der Waals surface area contributed by atoms with E-state index < -0.39 is 18.3 Å². The van der Waals surface area contributed by atoms with Gasteiger partial charge < -0.3 is 10.4 Å². The number of anilines is 1. The van der Waals surface area contributed by atoms with Crippen molar-refractivity contribution in [3.05, 3.63) is 24.4 Å². The number of nitrogens with zero attached hydrogens (tertiary/aromatic N) is 1. The van der Waals surface area contributed by atoms with E-state index in [1.165, 1.54) is 0 Å². The first-order valence-electron chi connectivity index (χ1n) is 4.60. The number of amides is 1. The van der Waals surface area contributed by atoms with E-state index in [2.05, 4.69) is 15.5 Å². The number of nitrogens with one attached hydrogen (secondary N) is 2. The molecule has 0 atom stereocenters. The number of carbonyl (C=O) groups excluding carboxylic acids is 1. The number of rotatable bonds is 3. The molecule has 82 valence electrons. The Bertz CT molecular complexity index is 547. The van der Waals surface area contributed by atoms with Crippen molar-refractivity contribution in [3.8, 4) is 0 Å². The fraction of sp³-hybridized carbons (Fsp3) is 0.100. The molecule has 2 aromatic rings. The number of H-pyrrole nitrogens is 1. The maximum Gasteiger partial charge on any atom is 0.312 e. The zero-order valence-electron chi connectivity index (χ0n) is 8.23. The number of benzene rings is 1. The summed E-state index contributed by atoms with van der Waals surface area (Å²) >= 11 is 0. The van der Waals surface area contributed by atoms with Gasteiger partial charge in [0.05, 0.1) is 17.4 Å². The molecule has 3 N–H and O–H groups in total. The number of hydrogen-bond acceptors (Lipinski definition) is 3. The second kappa shape index (κ2) is 4.01. The normalized spacial score (nSPS) is 10.2. The quantitative estimate of drug-likeness (QED) is 0.670. The molecule has 0 fully saturated rings. The highest BCUT2D eigenvalue weighted by Crippen LogP contribution is 2.20. The number of aromatic nitrogens is 2. The Hall–Kier alpha value is -2.37. The molecule has 0 unspecified atom stereocenters. The highest BCUT2D eigenvalue weighted by molar-refractivity contribution is 6.05. The van der Waals surface area contributed by atoms with Gasteiger partial charge >= 0.3 is 5.97 Å². The third-order valence-electron chi connectivity index (χ3n) is 2.07. The number of aromatic amines is 1. The van der Waals surface area contributed by atoms with Gasteiger partial charge in [-0.25, -0.2) is 0 Å². The molecule has 6 heteroatoms. The minimum atomic E-state index is -1.16. The molecule has 0 saturated carbocycles. The van der Waals surface area contributed by atoms with Crippen molar-refractivity contribution < 1.29 is 14.7 Å². The van der Waals surface area contributed by atoms with E-state index in [0.717, 1.165) is 10.9 Å². The Morgan fingerprint density at radius 1 is 1.44 bits per heavy atom. The molecule has 0 aliphatic rings. The molecule has 16 heavy (non-hydrogen) atoms. The first-order valence-corrected chi connectivity index (χ1v) is 4.60. The summed E-state index contributed by atoms with van der Waals surface area (Å²) in [4.78, 5) is 21.6. The zero-order chi connectivity index (χ0) is 11.5. The summed E-state index contributed by atoms with van der Waals surface area (Å²) in [6.07, 6.45) is 1.03. The van der Waals surface area contributed by atoms with Crippen molar-refractivity contribution in [2.75, 3.05) is 5.32 Å². The first-order chi connectivity index (χ1) is 7.66. The first kappa shape index (κ1) is 10.2. The summed E-state index contributed by atoms with van der Waals surface area (Å²) in [6.45, 7) is 0. The predicted octanol–water partition coefficient (Wildman–Crippen LogP) is 0.976. The Labute approximate surface area is 90.3 Å². The SMILES string of the molecule is O=C(O)CC(=O)Nc1cccc2[nH]ncc12. The van der Waals surface area contributed by atoms with Crippen LogP contribution in [0.4, 0.5) is 5.69 Å². The molecule has 0 aliphatic heterocycles. The van der Waals surface area contributed by atoms with Crippen molar-refractivity contribution >= 4 is 28.5 Å². The Balaban J connectivity index is 2.24. The van der Waals surface area contributed by atoms with E-state index in [1.807, 2.05) is 6.07 Å². The molecule has 1 amide bonds. The lowest BCUT2D eigenvalue weighted by Gasteiger charge is -2.04. The molecule has 6 nitrogen and oxygen atoms in total. The highest BCUT2D eigenvalue weighted by atomic mass is 16.4. The maximum atomic E-state index is 11.3. The number of carboxylic acids is 1. The van der Waals surface area contributed by atoms with Crippen LogP contribution in [0.5, 0.6) is 0 Å². The monoisotopic (exact) mass is 219 g/mol. The Morgan fingerprint density at radius 3 is 3.00 bits per heavy atom. The van der Waals surface area contributed by atoms with Crippen LogP contribution in [0.15, 0.2) is 24.4 Å². The summed E-state index contributed by atoms with van der Waals surface area (Å²) in [5.41, 5.74) is 1.34. The third-order valence-corrected chi connectivity index (χ3v) is 2.07. The number of hydrogen-bond donors (Lipinski definition) is 3. The molecule has 2 rings (SSSR count). The molecule has 0 saturated heterocycles. The maximum absolute atomic E-state index is 11.3. The van der Waals surface area contributed by atoms with Crippen LogP contribution in [0.3, 0.4) is 0 Å². The Morgan fingerprint density at radius 2 is 2.25 bits per heavy atom. The minimum absolute atomic E-state index is 0.547. The number of carboxylic acid groups (broad SMARTS) is 1. The average molecular weight is 219 g/mol. The van der Waals surface area contributed by atoms with Crippen LogP contribution in [0.1, 0.15) is 6.42 Å². The van der Waals surface area contributed by atoms with Gasteiger partial charge in [-0.15, -0.1) is 0 Å². The molecule has 0 bridgehead atoms. The second-order valence-electron chi connectivity index (χ2n) is 3.26. The van der Waals surface area contributed by atoms with Crippen molar-refractivity contribution in [2.45, 2.75) is 6.42 Å².